The van der Waals surface area contributed by atoms with Gasteiger partial charge in [-0.25, -0.2) is 9.97 Å². The quantitative estimate of drug-likeness (QED) is 0.326. The minimum absolute atomic E-state index is 0.135. The first-order valence-electron chi connectivity index (χ1n) is 9.12. The van der Waals surface area contributed by atoms with E-state index < -0.39 is 10.8 Å². The highest BCUT2D eigenvalue weighted by atomic mass is 32.2. The highest BCUT2D eigenvalue weighted by Gasteiger charge is 2.24. The van der Waals surface area contributed by atoms with Crippen LogP contribution in [0.3, 0.4) is 0 Å². The van der Waals surface area contributed by atoms with Gasteiger partial charge in [0.15, 0.2) is 16.7 Å². The second-order valence-electron chi connectivity index (χ2n) is 6.50. The van der Waals surface area contributed by atoms with Gasteiger partial charge in [-0.2, -0.15) is 0 Å². The summed E-state index contributed by atoms with van der Waals surface area (Å²) in [6.07, 6.45) is 0. The molecular formula is C21H20N4O5S. The SMILES string of the molecule is COc1cc(C(=O)Nc2ccc(Sc3nc(C)cc(C)n3)cc2)c([N+](=O)[O-])cc1OC. The van der Waals surface area contributed by atoms with Gasteiger partial charge in [0.1, 0.15) is 5.56 Å². The van der Waals surface area contributed by atoms with Gasteiger partial charge in [-0.15, -0.1) is 0 Å². The zero-order valence-corrected chi connectivity index (χ0v) is 18.1. The minimum Gasteiger partial charge on any atom is -0.493 e. The van der Waals surface area contributed by atoms with Gasteiger partial charge in [0.2, 0.25) is 0 Å². The molecule has 1 amide bonds. The molecule has 31 heavy (non-hydrogen) atoms. The average molecular weight is 440 g/mol. The highest BCUT2D eigenvalue weighted by Crippen LogP contribution is 2.35. The number of nitro groups is 1. The van der Waals surface area contributed by atoms with Crippen molar-refractivity contribution in [1.29, 1.82) is 0 Å². The predicted octanol–water partition coefficient (Wildman–Crippen LogP) is 4.42. The van der Waals surface area contributed by atoms with Gasteiger partial charge in [0.05, 0.1) is 25.2 Å². The molecule has 2 aromatic carbocycles. The van der Waals surface area contributed by atoms with Crippen LogP contribution in [0.5, 0.6) is 11.5 Å². The van der Waals surface area contributed by atoms with Crippen LogP contribution in [-0.4, -0.2) is 35.0 Å². The number of carbonyl (C=O) groups excluding carboxylic acids is 1. The van der Waals surface area contributed by atoms with Crippen molar-refractivity contribution in [3.8, 4) is 11.5 Å². The Balaban J connectivity index is 1.80. The summed E-state index contributed by atoms with van der Waals surface area (Å²) in [5, 5.41) is 14.7. The van der Waals surface area contributed by atoms with Crippen LogP contribution in [0.2, 0.25) is 0 Å². The first-order chi connectivity index (χ1) is 14.8. The lowest BCUT2D eigenvalue weighted by Gasteiger charge is -2.11. The summed E-state index contributed by atoms with van der Waals surface area (Å²) in [6, 6.07) is 11.4. The van der Waals surface area contributed by atoms with E-state index in [0.717, 1.165) is 22.3 Å². The van der Waals surface area contributed by atoms with E-state index >= 15 is 0 Å². The van der Waals surface area contributed by atoms with E-state index in [9.17, 15) is 14.9 Å². The molecule has 0 unspecified atom stereocenters. The predicted molar refractivity (Wildman–Crippen MR) is 116 cm³/mol. The molecule has 3 aromatic rings. The number of aromatic nitrogens is 2. The van der Waals surface area contributed by atoms with E-state index in [0.29, 0.717) is 10.8 Å². The van der Waals surface area contributed by atoms with Crippen molar-refractivity contribution in [2.75, 3.05) is 19.5 Å². The van der Waals surface area contributed by atoms with Gasteiger partial charge in [-0.05, 0) is 55.9 Å². The van der Waals surface area contributed by atoms with Crippen molar-refractivity contribution in [2.24, 2.45) is 0 Å². The number of ether oxygens (including phenoxy) is 2. The van der Waals surface area contributed by atoms with Crippen LogP contribution in [0, 0.1) is 24.0 Å². The number of aryl methyl sites for hydroxylation is 2. The molecule has 0 radical (unpaired) electrons. The minimum atomic E-state index is -0.638. The molecule has 3 rings (SSSR count). The van der Waals surface area contributed by atoms with Crippen LogP contribution in [-0.2, 0) is 0 Å². The zero-order chi connectivity index (χ0) is 22.5. The Labute approximate surface area is 183 Å². The van der Waals surface area contributed by atoms with Gasteiger partial charge >= 0.3 is 0 Å². The summed E-state index contributed by atoms with van der Waals surface area (Å²) in [4.78, 5) is 33.2. The number of amides is 1. The van der Waals surface area contributed by atoms with E-state index in [-0.39, 0.29) is 22.7 Å². The summed E-state index contributed by atoms with van der Waals surface area (Å²) in [7, 11) is 2.76. The second-order valence-corrected chi connectivity index (χ2v) is 7.54. The lowest BCUT2D eigenvalue weighted by atomic mass is 10.1. The monoisotopic (exact) mass is 440 g/mol. The number of nitro benzene ring substituents is 1. The van der Waals surface area contributed by atoms with E-state index in [2.05, 4.69) is 15.3 Å². The molecule has 0 bridgehead atoms. The highest BCUT2D eigenvalue weighted by molar-refractivity contribution is 7.99. The Kier molecular flexibility index (Phi) is 6.71. The molecule has 1 heterocycles. The molecule has 0 aliphatic heterocycles. The molecule has 1 aromatic heterocycles. The normalized spacial score (nSPS) is 10.5. The molecule has 0 aliphatic carbocycles. The molecule has 0 spiro atoms. The summed E-state index contributed by atoms with van der Waals surface area (Å²) in [6.45, 7) is 3.81. The smallest absolute Gasteiger partial charge is 0.286 e. The summed E-state index contributed by atoms with van der Waals surface area (Å²) >= 11 is 1.40. The molecule has 10 heteroatoms. The van der Waals surface area contributed by atoms with E-state index in [1.54, 1.807) is 12.1 Å². The largest absolute Gasteiger partial charge is 0.493 e. The van der Waals surface area contributed by atoms with Crippen LogP contribution in [0.15, 0.2) is 52.5 Å². The Morgan fingerprint density at radius 3 is 2.13 bits per heavy atom. The number of hydrogen-bond donors (Lipinski definition) is 1. The van der Waals surface area contributed by atoms with Crippen LogP contribution in [0.1, 0.15) is 21.7 Å². The summed E-state index contributed by atoms with van der Waals surface area (Å²) in [5.74, 6) is -0.245. The van der Waals surface area contributed by atoms with Crippen molar-refractivity contribution in [3.05, 3.63) is 69.5 Å². The molecule has 0 aliphatic rings. The van der Waals surface area contributed by atoms with Crippen molar-refractivity contribution >= 4 is 29.0 Å². The molecule has 0 saturated carbocycles. The Hall–Kier alpha value is -3.66. The average Bonchev–Trinajstić information content (AvgIpc) is 2.73. The number of anilines is 1. The molecule has 0 atom stereocenters. The van der Waals surface area contributed by atoms with Gasteiger partial charge in [0, 0.05) is 28.0 Å². The van der Waals surface area contributed by atoms with Crippen LogP contribution >= 0.6 is 11.8 Å². The van der Waals surface area contributed by atoms with Crippen LogP contribution in [0.4, 0.5) is 11.4 Å². The number of rotatable bonds is 7. The maximum atomic E-state index is 12.7. The molecular weight excluding hydrogens is 420 g/mol. The number of carbonyl (C=O) groups is 1. The Morgan fingerprint density at radius 1 is 1.00 bits per heavy atom. The number of nitrogens with one attached hydrogen (secondary N) is 1. The topological polar surface area (TPSA) is 116 Å². The molecule has 9 nitrogen and oxygen atoms in total. The lowest BCUT2D eigenvalue weighted by molar-refractivity contribution is -0.385. The van der Waals surface area contributed by atoms with E-state index in [1.807, 2.05) is 32.0 Å². The van der Waals surface area contributed by atoms with Gasteiger partial charge in [-0.1, -0.05) is 0 Å². The first kappa shape index (κ1) is 22.0. The molecule has 1 N–H and O–H groups in total. The summed E-state index contributed by atoms with van der Waals surface area (Å²) < 4.78 is 10.2. The van der Waals surface area contributed by atoms with Crippen LogP contribution < -0.4 is 14.8 Å². The Bertz CT molecular complexity index is 1120. The van der Waals surface area contributed by atoms with Gasteiger partial charge in [-0.3, -0.25) is 14.9 Å². The third kappa shape index (κ3) is 5.28. The zero-order valence-electron chi connectivity index (χ0n) is 17.3. The number of hydrogen-bond acceptors (Lipinski definition) is 8. The van der Waals surface area contributed by atoms with Gasteiger partial charge < -0.3 is 14.8 Å². The van der Waals surface area contributed by atoms with Crippen molar-refractivity contribution in [1.82, 2.24) is 9.97 Å². The van der Waals surface area contributed by atoms with Crippen molar-refractivity contribution < 1.29 is 19.2 Å². The van der Waals surface area contributed by atoms with E-state index in [1.165, 1.54) is 32.0 Å². The maximum Gasteiger partial charge on any atom is 0.286 e. The third-order valence-electron chi connectivity index (χ3n) is 4.23. The number of nitrogens with zero attached hydrogens (tertiary/aromatic N) is 3. The number of methoxy groups -OCH3 is 2. The second kappa shape index (κ2) is 9.43. The third-order valence-corrected chi connectivity index (χ3v) is 5.10. The molecule has 0 saturated heterocycles. The molecule has 160 valence electrons. The lowest BCUT2D eigenvalue weighted by Crippen LogP contribution is -2.14. The fraction of sp³-hybridized carbons (Fsp3) is 0.190. The fourth-order valence-corrected chi connectivity index (χ4v) is 3.71. The summed E-state index contributed by atoms with van der Waals surface area (Å²) in [5.41, 5.74) is 1.74. The van der Waals surface area contributed by atoms with Crippen molar-refractivity contribution in [2.45, 2.75) is 23.9 Å². The van der Waals surface area contributed by atoms with Crippen LogP contribution in [0.25, 0.3) is 0 Å². The fourth-order valence-electron chi connectivity index (χ4n) is 2.85. The molecule has 0 fully saturated rings. The van der Waals surface area contributed by atoms with Crippen molar-refractivity contribution in [3.63, 3.8) is 0 Å². The Morgan fingerprint density at radius 2 is 1.58 bits per heavy atom. The standard InChI is InChI=1S/C21H20N4O5S/c1-12-9-13(2)23-21(22-12)31-15-7-5-14(6-8-15)24-20(26)16-10-18(29-3)19(30-4)11-17(16)25(27)28/h5-11H,1-4H3,(H,24,26). The van der Waals surface area contributed by atoms with E-state index in [4.69, 9.17) is 9.47 Å². The van der Waals surface area contributed by atoms with Gasteiger partial charge in [0.25, 0.3) is 11.6 Å². The number of benzene rings is 2. The maximum absolute atomic E-state index is 12.7. The first-order valence-corrected chi connectivity index (χ1v) is 9.94.